The molecule has 0 fully saturated rings. The fraction of sp³-hybridized carbons (Fsp3) is 0.404. The molecule has 6 heteroatoms. The van der Waals surface area contributed by atoms with Crippen molar-refractivity contribution in [2.45, 2.75) is 138 Å². The maximum absolute atomic E-state index is 13.0. The Hall–Kier alpha value is -4.52. The Morgan fingerprint density at radius 1 is 0.586 bits per heavy atom. The van der Waals surface area contributed by atoms with Crippen molar-refractivity contribution in [2.24, 2.45) is 5.92 Å². The smallest absolute Gasteiger partial charge is 0.210 e. The van der Waals surface area contributed by atoms with E-state index in [1.54, 1.807) is 6.07 Å². The lowest BCUT2D eigenvalue weighted by molar-refractivity contribution is -0.354. The lowest BCUT2D eigenvalue weighted by atomic mass is 9.84. The first-order valence-corrected chi connectivity index (χ1v) is 22.5. The third-order valence-corrected chi connectivity index (χ3v) is 12.2. The molecule has 1 aliphatic rings. The zero-order valence-electron chi connectivity index (χ0n) is 37.6. The van der Waals surface area contributed by atoms with E-state index in [-0.39, 0.29) is 16.7 Å². The van der Waals surface area contributed by atoms with Crippen LogP contribution in [0.1, 0.15) is 168 Å². The van der Waals surface area contributed by atoms with Crippen molar-refractivity contribution < 1.29 is 18.0 Å². The SMILES string of the molecule is Cc1cc(C(C)C)c(Nc2ccc(C(=C3C=CC(=[NH+]c4c(C(C)C)cc(C)cc4C(C)C)C(C(C)C)=C3)c3ccc(C)cc3S(=O)(=O)[O-])cc2C(C)C)c(C(C)C)c1. The van der Waals surface area contributed by atoms with Gasteiger partial charge in [0.25, 0.3) is 0 Å². The lowest BCUT2D eigenvalue weighted by Gasteiger charge is -2.25. The van der Waals surface area contributed by atoms with Gasteiger partial charge in [0.15, 0.2) is 0 Å². The van der Waals surface area contributed by atoms with Gasteiger partial charge < -0.3 is 9.87 Å². The summed E-state index contributed by atoms with van der Waals surface area (Å²) in [6.07, 6.45) is 6.37. The van der Waals surface area contributed by atoms with Crippen LogP contribution < -0.4 is 10.3 Å². The molecule has 0 radical (unpaired) electrons. The molecule has 0 spiro atoms. The fourth-order valence-electron chi connectivity index (χ4n) is 8.21. The molecule has 58 heavy (non-hydrogen) atoms. The van der Waals surface area contributed by atoms with Crippen LogP contribution in [-0.4, -0.2) is 18.7 Å². The minimum atomic E-state index is -4.82. The van der Waals surface area contributed by atoms with Crippen molar-refractivity contribution in [1.29, 1.82) is 0 Å². The summed E-state index contributed by atoms with van der Waals surface area (Å²) in [6, 6.07) is 20.7. The molecule has 0 aromatic heterocycles. The Morgan fingerprint density at radius 2 is 1.10 bits per heavy atom. The summed E-state index contributed by atoms with van der Waals surface area (Å²) < 4.78 is 39.1. The van der Waals surface area contributed by atoms with Crippen LogP contribution in [-0.2, 0) is 10.1 Å². The molecule has 0 unspecified atom stereocenters. The summed E-state index contributed by atoms with van der Waals surface area (Å²) in [6.45, 7) is 32.8. The summed E-state index contributed by atoms with van der Waals surface area (Å²) >= 11 is 0. The molecule has 4 aromatic carbocycles. The molecule has 0 saturated heterocycles. The molecule has 0 bridgehead atoms. The predicted molar refractivity (Wildman–Crippen MR) is 245 cm³/mol. The maximum atomic E-state index is 13.0. The lowest BCUT2D eigenvalue weighted by Crippen LogP contribution is -2.68. The van der Waals surface area contributed by atoms with Gasteiger partial charge in [0.1, 0.15) is 10.1 Å². The normalized spacial score (nSPS) is 15.2. The first-order valence-electron chi connectivity index (χ1n) is 21.1. The third kappa shape index (κ3) is 9.67. The van der Waals surface area contributed by atoms with Crippen LogP contribution in [0.5, 0.6) is 0 Å². The van der Waals surface area contributed by atoms with E-state index in [1.807, 2.05) is 13.0 Å². The van der Waals surface area contributed by atoms with Gasteiger partial charge in [-0.25, -0.2) is 13.4 Å². The highest BCUT2D eigenvalue weighted by Crippen LogP contribution is 2.41. The van der Waals surface area contributed by atoms with E-state index in [1.165, 1.54) is 39.4 Å². The number of aryl methyl sites for hydroxylation is 3. The summed E-state index contributed by atoms with van der Waals surface area (Å²) in [5.74, 6) is 1.56. The number of benzene rings is 4. The maximum Gasteiger partial charge on any atom is 0.210 e. The molecule has 308 valence electrons. The summed E-state index contributed by atoms with van der Waals surface area (Å²) in [5, 5.41) is 3.89. The number of rotatable bonds is 12. The van der Waals surface area contributed by atoms with Crippen LogP contribution in [0, 0.1) is 26.7 Å². The molecule has 0 heterocycles. The largest absolute Gasteiger partial charge is 0.744 e. The molecule has 2 N–H and O–H groups in total. The Labute approximate surface area is 350 Å². The fourth-order valence-corrected chi connectivity index (χ4v) is 8.98. The van der Waals surface area contributed by atoms with Crippen LogP contribution >= 0.6 is 0 Å². The van der Waals surface area contributed by atoms with Gasteiger partial charge in [-0.05, 0) is 138 Å². The highest BCUT2D eigenvalue weighted by atomic mass is 32.2. The zero-order chi connectivity index (χ0) is 43.0. The van der Waals surface area contributed by atoms with Gasteiger partial charge in [-0.3, -0.25) is 0 Å². The van der Waals surface area contributed by atoms with Crippen molar-refractivity contribution >= 4 is 38.5 Å². The van der Waals surface area contributed by atoms with E-state index in [4.69, 9.17) is 0 Å². The van der Waals surface area contributed by atoms with E-state index >= 15 is 0 Å². The first-order chi connectivity index (χ1) is 27.1. The summed E-state index contributed by atoms with van der Waals surface area (Å²) in [7, 11) is -4.82. The molecule has 5 rings (SSSR count). The number of anilines is 2. The molecule has 0 saturated carbocycles. The van der Waals surface area contributed by atoms with Crippen LogP contribution in [0.4, 0.5) is 17.1 Å². The average Bonchev–Trinajstić information content (AvgIpc) is 3.13. The second kappa shape index (κ2) is 17.8. The molecule has 4 aromatic rings. The molecular weight excluding hydrogens is 733 g/mol. The number of nitrogens with one attached hydrogen (secondary N) is 2. The summed E-state index contributed by atoms with van der Waals surface area (Å²) in [4.78, 5) is 3.68. The van der Waals surface area contributed by atoms with Crippen molar-refractivity contribution in [3.8, 4) is 0 Å². The predicted octanol–water partition coefficient (Wildman–Crippen LogP) is 12.7. The standard InChI is InChI=1S/C52H66N2O3S/c1-29(2)41-27-38(17-20-47(41)53-51-43(31(5)6)22-36(14)23-44(51)32(7)8)50(40-19-16-35(13)26-49(40)58(55,56)57)39-18-21-48(42(28-39)30(3)4)54-52-45(33(9)10)24-37(15)25-46(52)34(11)12/h16-34,53H,1-15H3,(H,55,56,57). The molecular formula is C52H66N2O3S. The molecule has 5 nitrogen and oxygen atoms in total. The van der Waals surface area contributed by atoms with E-state index < -0.39 is 10.1 Å². The van der Waals surface area contributed by atoms with Crippen molar-refractivity contribution in [3.63, 3.8) is 0 Å². The average molecular weight is 799 g/mol. The van der Waals surface area contributed by atoms with Crippen LogP contribution in [0.3, 0.4) is 0 Å². The van der Waals surface area contributed by atoms with E-state index in [2.05, 4.69) is 168 Å². The number of hydrogen-bond donors (Lipinski definition) is 2. The second-order valence-corrected chi connectivity index (χ2v) is 19.6. The van der Waals surface area contributed by atoms with Crippen LogP contribution in [0.25, 0.3) is 5.57 Å². The zero-order valence-corrected chi connectivity index (χ0v) is 38.4. The molecule has 0 amide bonds. The van der Waals surface area contributed by atoms with Crippen LogP contribution in [0.15, 0.2) is 94.9 Å². The van der Waals surface area contributed by atoms with Crippen molar-refractivity contribution in [2.75, 3.05) is 5.32 Å². The van der Waals surface area contributed by atoms with E-state index in [9.17, 15) is 13.0 Å². The second-order valence-electron chi connectivity index (χ2n) is 18.2. The topological polar surface area (TPSA) is 83.2 Å². The number of hydrogen-bond acceptors (Lipinski definition) is 4. The van der Waals surface area contributed by atoms with E-state index in [0.717, 1.165) is 45.0 Å². The Balaban J connectivity index is 1.81. The number of allylic oxidation sites excluding steroid dienone is 5. The van der Waals surface area contributed by atoms with Gasteiger partial charge >= 0.3 is 0 Å². The third-order valence-electron chi connectivity index (χ3n) is 11.3. The van der Waals surface area contributed by atoms with E-state index in [0.29, 0.717) is 40.4 Å². The molecule has 0 atom stereocenters. The van der Waals surface area contributed by atoms with Crippen molar-refractivity contribution in [1.82, 2.24) is 0 Å². The van der Waals surface area contributed by atoms with Gasteiger partial charge in [0.2, 0.25) is 11.4 Å². The van der Waals surface area contributed by atoms with Gasteiger partial charge in [0.05, 0.1) is 4.90 Å². The quantitative estimate of drug-likeness (QED) is 0.140. The van der Waals surface area contributed by atoms with Gasteiger partial charge in [0, 0.05) is 39.7 Å². The van der Waals surface area contributed by atoms with Gasteiger partial charge in [-0.2, -0.15) is 0 Å². The highest BCUT2D eigenvalue weighted by Gasteiger charge is 2.27. The first kappa shape index (κ1) is 44.6. The van der Waals surface area contributed by atoms with Gasteiger partial charge in [-0.15, -0.1) is 0 Å². The molecule has 1 aliphatic carbocycles. The monoisotopic (exact) mass is 798 g/mol. The van der Waals surface area contributed by atoms with Crippen LogP contribution in [0.2, 0.25) is 0 Å². The highest BCUT2D eigenvalue weighted by molar-refractivity contribution is 7.85. The molecule has 0 aliphatic heterocycles. The minimum absolute atomic E-state index is 0.137. The van der Waals surface area contributed by atoms with Gasteiger partial charge in [-0.1, -0.05) is 125 Å². The minimum Gasteiger partial charge on any atom is -0.744 e. The Bertz CT molecular complexity index is 2380. The summed E-state index contributed by atoms with van der Waals surface area (Å²) in [5.41, 5.74) is 17.6. The Kier molecular flexibility index (Phi) is 13.7. The Morgan fingerprint density at radius 3 is 1.59 bits per heavy atom. The van der Waals surface area contributed by atoms with Crippen molar-refractivity contribution in [3.05, 3.63) is 146 Å².